The van der Waals surface area contributed by atoms with Crippen molar-refractivity contribution in [1.82, 2.24) is 10.6 Å². The molecule has 0 aliphatic carbocycles. The predicted molar refractivity (Wildman–Crippen MR) is 59.6 cm³/mol. The summed E-state index contributed by atoms with van der Waals surface area (Å²) < 4.78 is 0. The Balaban J connectivity index is 2.57. The highest BCUT2D eigenvalue weighted by molar-refractivity contribution is 5.86. The monoisotopic (exact) mass is 214 g/mol. The summed E-state index contributed by atoms with van der Waals surface area (Å²) in [5.41, 5.74) is -0.386. The lowest BCUT2D eigenvalue weighted by atomic mass is 9.92. The van der Waals surface area contributed by atoms with E-state index in [2.05, 4.69) is 10.6 Å². The van der Waals surface area contributed by atoms with Crippen LogP contribution in [0.4, 0.5) is 0 Å². The molecular formula is C11H22N2O2. The Morgan fingerprint density at radius 3 is 2.73 bits per heavy atom. The van der Waals surface area contributed by atoms with Crippen molar-refractivity contribution in [2.75, 3.05) is 13.2 Å². The van der Waals surface area contributed by atoms with Crippen molar-refractivity contribution in [1.29, 1.82) is 0 Å². The van der Waals surface area contributed by atoms with Crippen LogP contribution in [-0.2, 0) is 4.79 Å². The minimum Gasteiger partial charge on any atom is -0.394 e. The molecule has 0 bridgehead atoms. The van der Waals surface area contributed by atoms with Gasteiger partial charge in [-0.25, -0.2) is 0 Å². The third-order valence-corrected chi connectivity index (χ3v) is 3.33. The van der Waals surface area contributed by atoms with Gasteiger partial charge in [-0.1, -0.05) is 13.8 Å². The summed E-state index contributed by atoms with van der Waals surface area (Å²) in [6, 6.07) is -0.108. The molecule has 0 saturated carbocycles. The third kappa shape index (κ3) is 2.69. The number of nitrogens with one attached hydrogen (secondary N) is 2. The molecule has 88 valence electrons. The fourth-order valence-corrected chi connectivity index (χ4v) is 2.06. The highest BCUT2D eigenvalue weighted by Gasteiger charge is 2.39. The summed E-state index contributed by atoms with van der Waals surface area (Å²) in [7, 11) is 0. The van der Waals surface area contributed by atoms with Crippen LogP contribution in [0.3, 0.4) is 0 Å². The molecule has 15 heavy (non-hydrogen) atoms. The van der Waals surface area contributed by atoms with E-state index in [1.807, 2.05) is 13.8 Å². The molecule has 1 saturated heterocycles. The minimum atomic E-state index is -0.386. The van der Waals surface area contributed by atoms with E-state index in [0.29, 0.717) is 0 Å². The minimum absolute atomic E-state index is 0.0159. The van der Waals surface area contributed by atoms with Crippen LogP contribution in [0.25, 0.3) is 0 Å². The zero-order chi connectivity index (χ0) is 11.3. The van der Waals surface area contributed by atoms with Gasteiger partial charge in [-0.2, -0.15) is 0 Å². The standard InChI is InChI=1S/C11H22N2O2/c1-3-9(8-14)13-10(15)11(4-2)6-5-7-12-11/h9,12,14H,3-8H2,1-2H3,(H,13,15)/t9-,11?/m0/s1. The largest absolute Gasteiger partial charge is 0.394 e. The van der Waals surface area contributed by atoms with E-state index in [1.165, 1.54) is 0 Å². The van der Waals surface area contributed by atoms with Gasteiger partial charge in [-0.3, -0.25) is 4.79 Å². The number of aliphatic hydroxyl groups is 1. The molecule has 1 aliphatic rings. The Hall–Kier alpha value is -0.610. The van der Waals surface area contributed by atoms with Crippen LogP contribution in [0, 0.1) is 0 Å². The van der Waals surface area contributed by atoms with Gasteiger partial charge >= 0.3 is 0 Å². The second-order valence-corrected chi connectivity index (χ2v) is 4.23. The van der Waals surface area contributed by atoms with E-state index >= 15 is 0 Å². The Morgan fingerprint density at radius 2 is 2.33 bits per heavy atom. The lowest BCUT2D eigenvalue weighted by Gasteiger charge is -2.28. The van der Waals surface area contributed by atoms with Crippen LogP contribution in [0.5, 0.6) is 0 Å². The maximum absolute atomic E-state index is 12.0. The number of amides is 1. The van der Waals surface area contributed by atoms with Gasteiger partial charge in [0.05, 0.1) is 18.2 Å². The molecule has 2 atom stereocenters. The number of carbonyl (C=O) groups is 1. The van der Waals surface area contributed by atoms with Crippen molar-refractivity contribution >= 4 is 5.91 Å². The van der Waals surface area contributed by atoms with Crippen LogP contribution in [0.2, 0.25) is 0 Å². The van der Waals surface area contributed by atoms with E-state index in [4.69, 9.17) is 5.11 Å². The summed E-state index contributed by atoms with van der Waals surface area (Å²) in [5, 5.41) is 15.2. The van der Waals surface area contributed by atoms with Gasteiger partial charge in [0.2, 0.25) is 5.91 Å². The Kier molecular flexibility index (Phi) is 4.54. The first-order valence-corrected chi connectivity index (χ1v) is 5.85. The van der Waals surface area contributed by atoms with Crippen molar-refractivity contribution in [3.63, 3.8) is 0 Å². The second kappa shape index (κ2) is 5.47. The molecule has 0 aromatic heterocycles. The van der Waals surface area contributed by atoms with E-state index in [0.717, 1.165) is 32.2 Å². The topological polar surface area (TPSA) is 61.4 Å². The molecular weight excluding hydrogens is 192 g/mol. The van der Waals surface area contributed by atoms with Crippen molar-refractivity contribution in [2.24, 2.45) is 0 Å². The molecule has 3 N–H and O–H groups in total. The molecule has 4 nitrogen and oxygen atoms in total. The first kappa shape index (κ1) is 12.5. The molecule has 1 aliphatic heterocycles. The van der Waals surface area contributed by atoms with Gasteiger partial charge < -0.3 is 15.7 Å². The summed E-state index contributed by atoms with van der Waals surface area (Å²) >= 11 is 0. The normalized spacial score (nSPS) is 27.7. The second-order valence-electron chi connectivity index (χ2n) is 4.23. The van der Waals surface area contributed by atoms with Gasteiger partial charge in [0.15, 0.2) is 0 Å². The van der Waals surface area contributed by atoms with Crippen molar-refractivity contribution in [3.8, 4) is 0 Å². The number of rotatable bonds is 5. The van der Waals surface area contributed by atoms with Gasteiger partial charge in [0.25, 0.3) is 0 Å². The van der Waals surface area contributed by atoms with Crippen LogP contribution in [0.1, 0.15) is 39.5 Å². The number of hydrogen-bond acceptors (Lipinski definition) is 3. The fourth-order valence-electron chi connectivity index (χ4n) is 2.06. The molecule has 4 heteroatoms. The zero-order valence-electron chi connectivity index (χ0n) is 9.68. The number of carbonyl (C=O) groups excluding carboxylic acids is 1. The molecule has 0 spiro atoms. The van der Waals surface area contributed by atoms with Gasteiger partial charge in [-0.15, -0.1) is 0 Å². The molecule has 1 heterocycles. The molecule has 1 unspecified atom stereocenters. The van der Waals surface area contributed by atoms with Gasteiger partial charge in [-0.05, 0) is 32.2 Å². The van der Waals surface area contributed by atoms with E-state index in [1.54, 1.807) is 0 Å². The summed E-state index contributed by atoms with van der Waals surface area (Å²) in [6.07, 6.45) is 3.52. The number of hydrogen-bond donors (Lipinski definition) is 3. The highest BCUT2D eigenvalue weighted by Crippen LogP contribution is 2.23. The van der Waals surface area contributed by atoms with E-state index in [-0.39, 0.29) is 24.1 Å². The molecule has 0 radical (unpaired) electrons. The summed E-state index contributed by atoms with van der Waals surface area (Å²) in [6.45, 7) is 4.92. The molecule has 1 fully saturated rings. The van der Waals surface area contributed by atoms with E-state index < -0.39 is 0 Å². The average molecular weight is 214 g/mol. The lowest BCUT2D eigenvalue weighted by Crippen LogP contribution is -2.55. The molecule has 0 aromatic carbocycles. The maximum atomic E-state index is 12.0. The Bertz CT molecular complexity index is 209. The molecule has 1 rings (SSSR count). The quantitative estimate of drug-likeness (QED) is 0.621. The van der Waals surface area contributed by atoms with Crippen LogP contribution < -0.4 is 10.6 Å². The maximum Gasteiger partial charge on any atom is 0.240 e. The first-order valence-electron chi connectivity index (χ1n) is 5.85. The fraction of sp³-hybridized carbons (Fsp3) is 0.909. The van der Waals surface area contributed by atoms with E-state index in [9.17, 15) is 4.79 Å². The lowest BCUT2D eigenvalue weighted by molar-refractivity contribution is -0.128. The van der Waals surface area contributed by atoms with Crippen molar-refractivity contribution in [3.05, 3.63) is 0 Å². The SMILES string of the molecule is CC[C@@H](CO)NC(=O)C1(CC)CCCN1. The zero-order valence-corrected chi connectivity index (χ0v) is 9.68. The van der Waals surface area contributed by atoms with Gasteiger partial charge in [0, 0.05) is 0 Å². The van der Waals surface area contributed by atoms with Crippen LogP contribution in [-0.4, -0.2) is 35.7 Å². The van der Waals surface area contributed by atoms with Crippen molar-refractivity contribution in [2.45, 2.75) is 51.1 Å². The van der Waals surface area contributed by atoms with Crippen LogP contribution >= 0.6 is 0 Å². The Morgan fingerprint density at radius 1 is 1.60 bits per heavy atom. The highest BCUT2D eigenvalue weighted by atomic mass is 16.3. The van der Waals surface area contributed by atoms with Gasteiger partial charge in [0.1, 0.15) is 0 Å². The summed E-state index contributed by atoms with van der Waals surface area (Å²) in [5.74, 6) is 0.0448. The van der Waals surface area contributed by atoms with Crippen LogP contribution in [0.15, 0.2) is 0 Å². The molecule has 1 amide bonds. The third-order valence-electron chi connectivity index (χ3n) is 3.33. The predicted octanol–water partition coefficient (Wildman–Crippen LogP) is 0.406. The Labute approximate surface area is 91.4 Å². The summed E-state index contributed by atoms with van der Waals surface area (Å²) in [4.78, 5) is 12.0. The smallest absolute Gasteiger partial charge is 0.240 e. The average Bonchev–Trinajstić information content (AvgIpc) is 2.75. The van der Waals surface area contributed by atoms with Crippen molar-refractivity contribution < 1.29 is 9.90 Å². The molecule has 0 aromatic rings. The number of aliphatic hydroxyl groups excluding tert-OH is 1. The first-order chi connectivity index (χ1) is 7.18.